The maximum atomic E-state index is 13.3. The predicted molar refractivity (Wildman–Crippen MR) is 126 cm³/mol. The molecule has 0 aliphatic rings. The molecule has 2 heterocycles. The molecular weight excluding hydrogens is 447 g/mol. The van der Waals surface area contributed by atoms with Gasteiger partial charge in [0.05, 0.1) is 17.6 Å². The Hall–Kier alpha value is -3.37. The first kappa shape index (κ1) is 22.8. The van der Waals surface area contributed by atoms with Gasteiger partial charge in [-0.2, -0.15) is 12.7 Å². The van der Waals surface area contributed by atoms with E-state index in [2.05, 4.69) is 4.98 Å². The molecule has 0 spiro atoms. The Morgan fingerprint density at radius 1 is 1.06 bits per heavy atom. The SMILES string of the molecule is CCN(CC)S(=O)(=O)N(C)c1c2cccnc2c(O)c2c(O)n(Cc3ccc(F)cc3)cc12. The second-order valence-electron chi connectivity index (χ2n) is 7.65. The number of phenolic OH excluding ortho intramolecular Hbond substituents is 1. The van der Waals surface area contributed by atoms with Crippen LogP contribution < -0.4 is 4.31 Å². The lowest BCUT2D eigenvalue weighted by atomic mass is 10.1. The van der Waals surface area contributed by atoms with Crippen LogP contribution in [0.1, 0.15) is 19.4 Å². The van der Waals surface area contributed by atoms with E-state index in [-0.39, 0.29) is 48.0 Å². The van der Waals surface area contributed by atoms with E-state index in [0.29, 0.717) is 16.5 Å². The zero-order chi connectivity index (χ0) is 23.9. The highest BCUT2D eigenvalue weighted by molar-refractivity contribution is 7.90. The van der Waals surface area contributed by atoms with Crippen molar-refractivity contribution >= 4 is 37.6 Å². The molecule has 0 fully saturated rings. The lowest BCUT2D eigenvalue weighted by Crippen LogP contribution is -2.42. The van der Waals surface area contributed by atoms with E-state index >= 15 is 0 Å². The largest absolute Gasteiger partial charge is 0.505 e. The lowest BCUT2D eigenvalue weighted by Gasteiger charge is -2.28. The zero-order valence-electron chi connectivity index (χ0n) is 18.5. The van der Waals surface area contributed by atoms with E-state index in [4.69, 9.17) is 0 Å². The zero-order valence-corrected chi connectivity index (χ0v) is 19.3. The molecular formula is C23H25FN4O4S. The first-order valence-electron chi connectivity index (χ1n) is 10.5. The van der Waals surface area contributed by atoms with Crippen LogP contribution in [0.4, 0.5) is 10.1 Å². The summed E-state index contributed by atoms with van der Waals surface area (Å²) in [6, 6.07) is 9.16. The summed E-state index contributed by atoms with van der Waals surface area (Å²) < 4.78 is 44.0. The van der Waals surface area contributed by atoms with Gasteiger partial charge in [0.25, 0.3) is 0 Å². The smallest absolute Gasteiger partial charge is 0.303 e. The van der Waals surface area contributed by atoms with Gasteiger partial charge in [-0.25, -0.2) is 4.39 Å². The molecule has 0 aliphatic carbocycles. The van der Waals surface area contributed by atoms with Crippen molar-refractivity contribution in [1.82, 2.24) is 13.9 Å². The minimum Gasteiger partial charge on any atom is -0.505 e. The molecule has 0 unspecified atom stereocenters. The number of rotatable bonds is 7. The fraction of sp³-hybridized carbons (Fsp3) is 0.261. The third-order valence-corrected chi connectivity index (χ3v) is 7.83. The second-order valence-corrected chi connectivity index (χ2v) is 9.61. The Labute approximate surface area is 191 Å². The molecule has 174 valence electrons. The normalized spacial score (nSPS) is 12.2. The van der Waals surface area contributed by atoms with Crippen molar-refractivity contribution in [3.63, 3.8) is 0 Å². The Balaban J connectivity index is 2.00. The van der Waals surface area contributed by atoms with Gasteiger partial charge in [-0.15, -0.1) is 0 Å². The minimum absolute atomic E-state index is 0.0971. The van der Waals surface area contributed by atoms with Gasteiger partial charge in [0.1, 0.15) is 11.3 Å². The van der Waals surface area contributed by atoms with Crippen LogP contribution in [0.3, 0.4) is 0 Å². The lowest BCUT2D eigenvalue weighted by molar-refractivity contribution is 0.425. The fourth-order valence-electron chi connectivity index (χ4n) is 4.09. The van der Waals surface area contributed by atoms with Gasteiger partial charge in [-0.1, -0.05) is 26.0 Å². The highest BCUT2D eigenvalue weighted by atomic mass is 32.2. The van der Waals surface area contributed by atoms with Gasteiger partial charge in [0.15, 0.2) is 5.75 Å². The van der Waals surface area contributed by atoms with E-state index in [1.54, 1.807) is 44.3 Å². The Morgan fingerprint density at radius 2 is 1.73 bits per heavy atom. The molecule has 2 aromatic heterocycles. The first-order chi connectivity index (χ1) is 15.7. The van der Waals surface area contributed by atoms with Crippen LogP contribution in [0.5, 0.6) is 11.6 Å². The molecule has 4 rings (SSSR count). The number of pyridine rings is 1. The van der Waals surface area contributed by atoms with Crippen LogP contribution in [-0.4, -0.2) is 52.6 Å². The van der Waals surface area contributed by atoms with Crippen LogP contribution in [0.25, 0.3) is 21.7 Å². The van der Waals surface area contributed by atoms with Crippen LogP contribution >= 0.6 is 0 Å². The monoisotopic (exact) mass is 472 g/mol. The van der Waals surface area contributed by atoms with E-state index < -0.39 is 10.2 Å². The molecule has 33 heavy (non-hydrogen) atoms. The van der Waals surface area contributed by atoms with Crippen molar-refractivity contribution in [3.05, 3.63) is 60.2 Å². The van der Waals surface area contributed by atoms with Gasteiger partial charge in [-0.3, -0.25) is 9.29 Å². The molecule has 0 saturated heterocycles. The predicted octanol–water partition coefficient (Wildman–Crippen LogP) is 3.81. The summed E-state index contributed by atoms with van der Waals surface area (Å²) in [6.45, 7) is 4.28. The number of anilines is 1. The Morgan fingerprint density at radius 3 is 2.36 bits per heavy atom. The van der Waals surface area contributed by atoms with Crippen molar-refractivity contribution in [2.24, 2.45) is 0 Å². The van der Waals surface area contributed by atoms with Gasteiger partial charge in [-0.05, 0) is 29.8 Å². The molecule has 0 bridgehead atoms. The summed E-state index contributed by atoms with van der Waals surface area (Å²) in [5.74, 6) is -0.858. The molecule has 8 nitrogen and oxygen atoms in total. The van der Waals surface area contributed by atoms with Crippen molar-refractivity contribution in [2.45, 2.75) is 20.4 Å². The third-order valence-electron chi connectivity index (χ3n) is 5.79. The number of benzene rings is 2. The average molecular weight is 473 g/mol. The van der Waals surface area contributed by atoms with E-state index in [1.165, 1.54) is 34.2 Å². The standard InChI is InChI=1S/C23H25FN4O4S/c1-4-28(5-2)33(31,32)26(3)21-17-7-6-12-25-20(17)22(29)19-18(21)14-27(23(19)30)13-15-8-10-16(24)11-9-15/h6-12,14,29-30H,4-5,13H2,1-3H3. The number of aromatic nitrogens is 2. The summed E-state index contributed by atoms with van der Waals surface area (Å²) in [5.41, 5.74) is 1.20. The summed E-state index contributed by atoms with van der Waals surface area (Å²) in [5, 5.41) is 22.8. The third kappa shape index (κ3) is 3.75. The summed E-state index contributed by atoms with van der Waals surface area (Å²) in [7, 11) is -2.45. The minimum atomic E-state index is -3.89. The molecule has 0 atom stereocenters. The fourth-order valence-corrected chi connectivity index (χ4v) is 5.52. The van der Waals surface area contributed by atoms with Crippen molar-refractivity contribution in [3.8, 4) is 11.6 Å². The molecule has 0 saturated carbocycles. The van der Waals surface area contributed by atoms with Crippen LogP contribution in [0, 0.1) is 5.82 Å². The maximum absolute atomic E-state index is 13.3. The summed E-state index contributed by atoms with van der Waals surface area (Å²) in [6.07, 6.45) is 3.08. The van der Waals surface area contributed by atoms with E-state index in [1.807, 2.05) is 0 Å². The molecule has 2 N–H and O–H groups in total. The van der Waals surface area contributed by atoms with Gasteiger partial charge in [0.2, 0.25) is 5.88 Å². The number of halogens is 1. The quantitative estimate of drug-likeness (QED) is 0.426. The van der Waals surface area contributed by atoms with Crippen molar-refractivity contribution < 1.29 is 23.0 Å². The molecule has 10 heteroatoms. The van der Waals surface area contributed by atoms with Gasteiger partial charge in [0, 0.05) is 43.3 Å². The number of hydrogen-bond acceptors (Lipinski definition) is 5. The van der Waals surface area contributed by atoms with Crippen molar-refractivity contribution in [2.75, 3.05) is 24.4 Å². The number of phenols is 1. The number of fused-ring (bicyclic) bond motifs is 2. The van der Waals surface area contributed by atoms with Crippen LogP contribution in [0.2, 0.25) is 0 Å². The highest BCUT2D eigenvalue weighted by Gasteiger charge is 2.30. The molecule has 0 radical (unpaired) electrons. The number of aromatic hydroxyl groups is 2. The van der Waals surface area contributed by atoms with Crippen LogP contribution in [0.15, 0.2) is 48.8 Å². The number of nitrogens with zero attached hydrogens (tertiary/aromatic N) is 4. The summed E-state index contributed by atoms with van der Waals surface area (Å²) in [4.78, 5) is 4.24. The first-order valence-corrected chi connectivity index (χ1v) is 11.9. The van der Waals surface area contributed by atoms with E-state index in [0.717, 1.165) is 9.87 Å². The highest BCUT2D eigenvalue weighted by Crippen LogP contribution is 2.46. The Kier molecular flexibility index (Phi) is 5.89. The molecule has 2 aromatic carbocycles. The van der Waals surface area contributed by atoms with E-state index in [9.17, 15) is 23.0 Å². The van der Waals surface area contributed by atoms with Gasteiger partial charge < -0.3 is 14.8 Å². The maximum Gasteiger partial charge on any atom is 0.303 e. The summed E-state index contributed by atoms with van der Waals surface area (Å²) >= 11 is 0. The van der Waals surface area contributed by atoms with Crippen LogP contribution in [-0.2, 0) is 16.8 Å². The molecule has 4 aromatic rings. The number of hydrogen-bond donors (Lipinski definition) is 2. The van der Waals surface area contributed by atoms with Crippen molar-refractivity contribution in [1.29, 1.82) is 0 Å². The van der Waals surface area contributed by atoms with Gasteiger partial charge >= 0.3 is 10.2 Å². The average Bonchev–Trinajstić information content (AvgIpc) is 3.12. The second kappa shape index (κ2) is 8.53. The molecule has 0 aliphatic heterocycles. The molecule has 0 amide bonds. The topological polar surface area (TPSA) is 98.9 Å². The Bertz CT molecular complexity index is 1430.